The Kier molecular flexibility index (Phi) is 3.97. The van der Waals surface area contributed by atoms with Crippen LogP contribution in [-0.4, -0.2) is 12.9 Å². The molecule has 2 rings (SSSR count). The van der Waals surface area contributed by atoms with Crippen LogP contribution >= 0.6 is 22.7 Å². The number of Topliss-reactive ketones (excluding diaryl/α,β-unsaturated/α-hetero) is 1. The number of ketones is 1. The predicted octanol–water partition coefficient (Wildman–Crippen LogP) is 3.81. The number of aryl methyl sites for hydroxylation is 1. The van der Waals surface area contributed by atoms with Gasteiger partial charge in [-0.1, -0.05) is 6.92 Å². The van der Waals surface area contributed by atoms with Crippen molar-refractivity contribution in [3.8, 4) is 5.75 Å². The zero-order chi connectivity index (χ0) is 12.3. The fraction of sp³-hybridized carbons (Fsp3) is 0.308. The van der Waals surface area contributed by atoms with Crippen LogP contribution in [0.1, 0.15) is 26.3 Å². The smallest absolute Gasteiger partial charge is 0.178 e. The van der Waals surface area contributed by atoms with Crippen molar-refractivity contribution >= 4 is 28.5 Å². The average Bonchev–Trinajstić information content (AvgIpc) is 2.96. The Morgan fingerprint density at radius 3 is 2.71 bits per heavy atom. The van der Waals surface area contributed by atoms with Crippen molar-refractivity contribution in [1.82, 2.24) is 0 Å². The highest BCUT2D eigenvalue weighted by molar-refractivity contribution is 7.13. The molecule has 17 heavy (non-hydrogen) atoms. The van der Waals surface area contributed by atoms with Crippen LogP contribution in [0.5, 0.6) is 5.75 Å². The summed E-state index contributed by atoms with van der Waals surface area (Å²) in [5.41, 5.74) is 0. The molecule has 0 saturated carbocycles. The van der Waals surface area contributed by atoms with Crippen molar-refractivity contribution in [3.05, 3.63) is 38.2 Å². The average molecular weight is 266 g/mol. The van der Waals surface area contributed by atoms with Crippen molar-refractivity contribution in [3.63, 3.8) is 0 Å². The third-order valence-electron chi connectivity index (χ3n) is 2.49. The van der Waals surface area contributed by atoms with Gasteiger partial charge in [0, 0.05) is 27.6 Å². The second kappa shape index (κ2) is 5.47. The van der Waals surface area contributed by atoms with Gasteiger partial charge in [0.1, 0.15) is 5.75 Å². The molecule has 0 bridgehead atoms. The maximum Gasteiger partial charge on any atom is 0.178 e. The molecular formula is C13H14O2S2. The number of rotatable bonds is 5. The van der Waals surface area contributed by atoms with Gasteiger partial charge in [-0.2, -0.15) is 0 Å². The molecule has 2 heterocycles. The fourth-order valence-corrected chi connectivity index (χ4v) is 3.28. The molecule has 0 aliphatic rings. The second-order valence-electron chi connectivity index (χ2n) is 3.67. The van der Waals surface area contributed by atoms with Crippen LogP contribution in [0.2, 0.25) is 0 Å². The van der Waals surface area contributed by atoms with E-state index in [0.29, 0.717) is 6.42 Å². The molecule has 0 aliphatic heterocycles. The van der Waals surface area contributed by atoms with E-state index in [2.05, 4.69) is 13.0 Å². The SMILES string of the molecule is CCc1ccc(CC(=O)c2cc(OC)cs2)s1. The monoisotopic (exact) mass is 266 g/mol. The number of hydrogen-bond acceptors (Lipinski definition) is 4. The van der Waals surface area contributed by atoms with Crippen molar-refractivity contribution in [1.29, 1.82) is 0 Å². The van der Waals surface area contributed by atoms with Crippen molar-refractivity contribution in [2.75, 3.05) is 7.11 Å². The summed E-state index contributed by atoms with van der Waals surface area (Å²) in [7, 11) is 1.61. The summed E-state index contributed by atoms with van der Waals surface area (Å²) in [4.78, 5) is 15.2. The van der Waals surface area contributed by atoms with Crippen molar-refractivity contribution < 1.29 is 9.53 Å². The molecule has 0 spiro atoms. The van der Waals surface area contributed by atoms with E-state index in [1.165, 1.54) is 16.2 Å². The van der Waals surface area contributed by atoms with Crippen molar-refractivity contribution in [2.24, 2.45) is 0 Å². The lowest BCUT2D eigenvalue weighted by molar-refractivity contribution is 0.0997. The maximum absolute atomic E-state index is 12.0. The minimum Gasteiger partial charge on any atom is -0.496 e. The molecule has 0 unspecified atom stereocenters. The number of thiophene rings is 2. The van der Waals surface area contributed by atoms with Crippen LogP contribution < -0.4 is 4.74 Å². The van der Waals surface area contributed by atoms with Crippen LogP contribution in [0.25, 0.3) is 0 Å². The predicted molar refractivity (Wildman–Crippen MR) is 72.6 cm³/mol. The lowest BCUT2D eigenvalue weighted by Gasteiger charge is -1.94. The van der Waals surface area contributed by atoms with Crippen LogP contribution in [0.15, 0.2) is 23.6 Å². The summed E-state index contributed by atoms with van der Waals surface area (Å²) >= 11 is 3.17. The first-order valence-electron chi connectivity index (χ1n) is 5.46. The highest BCUT2D eigenvalue weighted by atomic mass is 32.1. The van der Waals surface area contributed by atoms with Crippen LogP contribution in [-0.2, 0) is 12.8 Å². The molecule has 0 radical (unpaired) electrons. The number of carbonyl (C=O) groups is 1. The van der Waals surface area contributed by atoms with Gasteiger partial charge in [-0.05, 0) is 18.6 Å². The topological polar surface area (TPSA) is 26.3 Å². The van der Waals surface area contributed by atoms with Gasteiger partial charge < -0.3 is 4.74 Å². The fourth-order valence-electron chi connectivity index (χ4n) is 1.52. The minimum atomic E-state index is 0.169. The zero-order valence-corrected chi connectivity index (χ0v) is 11.5. The first kappa shape index (κ1) is 12.3. The molecule has 2 aromatic rings. The van der Waals surface area contributed by atoms with Gasteiger partial charge >= 0.3 is 0 Å². The largest absolute Gasteiger partial charge is 0.496 e. The zero-order valence-electron chi connectivity index (χ0n) is 9.86. The van der Waals surface area contributed by atoms with Gasteiger partial charge in [-0.25, -0.2) is 0 Å². The summed E-state index contributed by atoms with van der Waals surface area (Å²) in [6.07, 6.45) is 1.53. The van der Waals surface area contributed by atoms with E-state index >= 15 is 0 Å². The molecule has 0 atom stereocenters. The molecular weight excluding hydrogens is 252 g/mol. The Morgan fingerprint density at radius 2 is 2.12 bits per heavy atom. The second-order valence-corrected chi connectivity index (χ2v) is 5.84. The normalized spacial score (nSPS) is 10.5. The summed E-state index contributed by atoms with van der Waals surface area (Å²) < 4.78 is 5.08. The highest BCUT2D eigenvalue weighted by Gasteiger charge is 2.11. The van der Waals surface area contributed by atoms with Crippen LogP contribution in [0.4, 0.5) is 0 Å². The van der Waals surface area contributed by atoms with Gasteiger partial charge in [0.05, 0.1) is 12.0 Å². The molecule has 0 saturated heterocycles. The summed E-state index contributed by atoms with van der Waals surface area (Å²) in [6, 6.07) is 5.95. The summed E-state index contributed by atoms with van der Waals surface area (Å²) in [5, 5.41) is 1.86. The molecule has 2 nitrogen and oxygen atoms in total. The van der Waals surface area contributed by atoms with Gasteiger partial charge in [-0.3, -0.25) is 4.79 Å². The third kappa shape index (κ3) is 2.96. The Morgan fingerprint density at radius 1 is 1.35 bits per heavy atom. The Balaban J connectivity index is 2.05. The van der Waals surface area contributed by atoms with Gasteiger partial charge in [-0.15, -0.1) is 22.7 Å². The van der Waals surface area contributed by atoms with E-state index in [0.717, 1.165) is 21.9 Å². The van der Waals surface area contributed by atoms with E-state index in [-0.39, 0.29) is 5.78 Å². The van der Waals surface area contributed by atoms with E-state index < -0.39 is 0 Å². The Labute approximate surface area is 109 Å². The first-order chi connectivity index (χ1) is 8.22. The molecule has 0 aromatic carbocycles. The molecule has 4 heteroatoms. The summed E-state index contributed by atoms with van der Waals surface area (Å²) in [6.45, 7) is 2.13. The van der Waals surface area contributed by atoms with Gasteiger partial charge in [0.25, 0.3) is 0 Å². The van der Waals surface area contributed by atoms with Crippen LogP contribution in [0, 0.1) is 0 Å². The van der Waals surface area contributed by atoms with E-state index in [9.17, 15) is 4.79 Å². The summed E-state index contributed by atoms with van der Waals surface area (Å²) in [5.74, 6) is 0.932. The number of ether oxygens (including phenoxy) is 1. The first-order valence-corrected chi connectivity index (χ1v) is 7.16. The molecule has 0 N–H and O–H groups in total. The standard InChI is InChI=1S/C13H14O2S2/c1-3-10-4-5-11(17-10)7-12(14)13-6-9(15-2)8-16-13/h4-6,8H,3,7H2,1-2H3. The number of hydrogen-bond donors (Lipinski definition) is 0. The Hall–Kier alpha value is -1.13. The van der Waals surface area contributed by atoms with E-state index in [1.807, 2.05) is 11.4 Å². The lowest BCUT2D eigenvalue weighted by Crippen LogP contribution is -1.99. The third-order valence-corrected chi connectivity index (χ3v) is 4.67. The number of carbonyl (C=O) groups excluding carboxylic acids is 1. The van der Waals surface area contributed by atoms with Crippen LogP contribution in [0.3, 0.4) is 0 Å². The van der Waals surface area contributed by atoms with E-state index in [4.69, 9.17) is 4.74 Å². The molecule has 0 amide bonds. The van der Waals surface area contributed by atoms with Crippen molar-refractivity contribution in [2.45, 2.75) is 19.8 Å². The molecule has 90 valence electrons. The molecule has 2 aromatic heterocycles. The highest BCUT2D eigenvalue weighted by Crippen LogP contribution is 2.24. The van der Waals surface area contributed by atoms with E-state index in [1.54, 1.807) is 24.5 Å². The lowest BCUT2D eigenvalue weighted by atomic mass is 10.2. The quantitative estimate of drug-likeness (QED) is 0.769. The number of methoxy groups -OCH3 is 1. The molecule has 0 aliphatic carbocycles. The Bertz CT molecular complexity index is 511. The van der Waals surface area contributed by atoms with Gasteiger partial charge in [0.2, 0.25) is 0 Å². The minimum absolute atomic E-state index is 0.169. The van der Waals surface area contributed by atoms with Gasteiger partial charge in [0.15, 0.2) is 5.78 Å². The molecule has 0 fully saturated rings. The maximum atomic E-state index is 12.0.